The third kappa shape index (κ3) is 4.77. The van der Waals surface area contributed by atoms with Gasteiger partial charge in [0.05, 0.1) is 13.2 Å². The van der Waals surface area contributed by atoms with Crippen LogP contribution in [0.2, 0.25) is 0 Å². The minimum atomic E-state index is -0.128. The van der Waals surface area contributed by atoms with Crippen LogP contribution in [0.4, 0.5) is 0 Å². The van der Waals surface area contributed by atoms with Gasteiger partial charge in [0, 0.05) is 44.1 Å². The molecule has 0 saturated carbocycles. The number of nitrogens with zero attached hydrogens (tertiary/aromatic N) is 3. The van der Waals surface area contributed by atoms with E-state index in [0.29, 0.717) is 36.8 Å². The molecule has 6 nitrogen and oxygen atoms in total. The predicted octanol–water partition coefficient (Wildman–Crippen LogP) is 3.58. The Bertz CT molecular complexity index is 900. The predicted molar refractivity (Wildman–Crippen MR) is 124 cm³/mol. The molecule has 0 spiro atoms. The minimum Gasteiger partial charge on any atom is -0.495 e. The van der Waals surface area contributed by atoms with E-state index in [-0.39, 0.29) is 17.9 Å². The van der Waals surface area contributed by atoms with Crippen LogP contribution in [0.1, 0.15) is 35.9 Å². The Morgan fingerprint density at radius 3 is 2.26 bits per heavy atom. The maximum absolute atomic E-state index is 13.2. The highest BCUT2D eigenvalue weighted by molar-refractivity contribution is 7.17. The number of carbonyl (C=O) groups excluding carboxylic acids is 2. The van der Waals surface area contributed by atoms with Crippen molar-refractivity contribution >= 4 is 23.2 Å². The molecular formula is C24H31N3O3S. The van der Waals surface area contributed by atoms with E-state index in [1.807, 2.05) is 53.1 Å². The summed E-state index contributed by atoms with van der Waals surface area (Å²) in [5, 5.41) is 0. The van der Waals surface area contributed by atoms with Gasteiger partial charge in [0.2, 0.25) is 5.91 Å². The molecule has 1 unspecified atom stereocenters. The van der Waals surface area contributed by atoms with Crippen LogP contribution in [0.3, 0.4) is 0 Å². The maximum atomic E-state index is 13.2. The quantitative estimate of drug-likeness (QED) is 0.712. The van der Waals surface area contributed by atoms with Crippen molar-refractivity contribution in [3.63, 3.8) is 0 Å². The highest BCUT2D eigenvalue weighted by atomic mass is 32.1. The fourth-order valence-corrected chi connectivity index (χ4v) is 5.51. The highest BCUT2D eigenvalue weighted by Crippen LogP contribution is 2.37. The molecular weight excluding hydrogens is 410 g/mol. The fraction of sp³-hybridized carbons (Fsp3) is 0.500. The van der Waals surface area contributed by atoms with Crippen molar-refractivity contribution in [1.29, 1.82) is 0 Å². The molecule has 4 rings (SSSR count). The van der Waals surface area contributed by atoms with E-state index in [4.69, 9.17) is 4.74 Å². The van der Waals surface area contributed by atoms with Crippen LogP contribution >= 0.6 is 11.3 Å². The largest absolute Gasteiger partial charge is 0.495 e. The standard InChI is InChI=1S/C24H31N3O3S/c1-18(23(28)26-11-7-4-8-12-26)25-13-15-27(16-14-25)24(29)22-20(30-2)17-21(31-22)19-9-5-3-6-10-19/h3,5-6,9-10,17-18H,4,7-8,11-16H2,1-2H3. The number of piperidine rings is 1. The number of likely N-dealkylation sites (tertiary alicyclic amines) is 1. The van der Waals surface area contributed by atoms with Crippen LogP contribution < -0.4 is 4.74 Å². The Morgan fingerprint density at radius 1 is 0.935 bits per heavy atom. The third-order valence-electron chi connectivity index (χ3n) is 6.34. The first kappa shape index (κ1) is 21.8. The topological polar surface area (TPSA) is 53.1 Å². The van der Waals surface area contributed by atoms with Gasteiger partial charge in [0.1, 0.15) is 10.6 Å². The van der Waals surface area contributed by atoms with Gasteiger partial charge in [-0.15, -0.1) is 11.3 Å². The Hall–Kier alpha value is -2.38. The van der Waals surface area contributed by atoms with Gasteiger partial charge in [0.15, 0.2) is 0 Å². The summed E-state index contributed by atoms with van der Waals surface area (Å²) in [6.45, 7) is 6.43. The lowest BCUT2D eigenvalue weighted by Gasteiger charge is -2.39. The van der Waals surface area contributed by atoms with Gasteiger partial charge in [0.25, 0.3) is 5.91 Å². The van der Waals surface area contributed by atoms with Crippen molar-refractivity contribution < 1.29 is 14.3 Å². The maximum Gasteiger partial charge on any atom is 0.267 e. The normalized spacial score (nSPS) is 18.6. The zero-order valence-electron chi connectivity index (χ0n) is 18.4. The van der Waals surface area contributed by atoms with Crippen molar-refractivity contribution in [3.05, 3.63) is 41.3 Å². The first-order chi connectivity index (χ1) is 15.1. The van der Waals surface area contributed by atoms with E-state index in [9.17, 15) is 9.59 Å². The Morgan fingerprint density at radius 2 is 1.61 bits per heavy atom. The van der Waals surface area contributed by atoms with Crippen LogP contribution in [0.5, 0.6) is 5.75 Å². The van der Waals surface area contributed by atoms with E-state index < -0.39 is 0 Å². The molecule has 0 aliphatic carbocycles. The molecule has 166 valence electrons. The van der Waals surface area contributed by atoms with Crippen molar-refractivity contribution in [2.24, 2.45) is 0 Å². The molecule has 0 N–H and O–H groups in total. The molecule has 2 fully saturated rings. The summed E-state index contributed by atoms with van der Waals surface area (Å²) in [7, 11) is 1.61. The first-order valence-electron chi connectivity index (χ1n) is 11.1. The number of methoxy groups -OCH3 is 1. The summed E-state index contributed by atoms with van der Waals surface area (Å²) >= 11 is 1.48. The van der Waals surface area contributed by atoms with Gasteiger partial charge in [-0.1, -0.05) is 30.3 Å². The summed E-state index contributed by atoms with van der Waals surface area (Å²) < 4.78 is 5.52. The lowest BCUT2D eigenvalue weighted by molar-refractivity contribution is -0.137. The van der Waals surface area contributed by atoms with Crippen molar-refractivity contribution in [3.8, 4) is 16.2 Å². The zero-order chi connectivity index (χ0) is 21.8. The zero-order valence-corrected chi connectivity index (χ0v) is 19.2. The van der Waals surface area contributed by atoms with Crippen molar-refractivity contribution in [1.82, 2.24) is 14.7 Å². The Balaban J connectivity index is 1.39. The summed E-state index contributed by atoms with van der Waals surface area (Å²) in [5.41, 5.74) is 1.08. The average Bonchev–Trinajstić information content (AvgIpc) is 3.28. The third-order valence-corrected chi connectivity index (χ3v) is 7.50. The van der Waals surface area contributed by atoms with Gasteiger partial charge >= 0.3 is 0 Å². The van der Waals surface area contributed by atoms with Crippen LogP contribution in [0.15, 0.2) is 36.4 Å². The summed E-state index contributed by atoms with van der Waals surface area (Å²) in [6, 6.07) is 11.9. The molecule has 2 aliphatic heterocycles. The molecule has 3 heterocycles. The van der Waals surface area contributed by atoms with Crippen LogP contribution in [-0.2, 0) is 4.79 Å². The van der Waals surface area contributed by atoms with E-state index in [1.54, 1.807) is 7.11 Å². The van der Waals surface area contributed by atoms with Crippen LogP contribution in [0.25, 0.3) is 10.4 Å². The monoisotopic (exact) mass is 441 g/mol. The highest BCUT2D eigenvalue weighted by Gasteiger charge is 2.32. The summed E-state index contributed by atoms with van der Waals surface area (Å²) in [4.78, 5) is 33.9. The number of carbonyl (C=O) groups is 2. The van der Waals surface area contributed by atoms with Gasteiger partial charge < -0.3 is 14.5 Å². The number of rotatable bonds is 5. The second-order valence-electron chi connectivity index (χ2n) is 8.26. The number of hydrogen-bond donors (Lipinski definition) is 0. The molecule has 7 heteroatoms. The van der Waals surface area contributed by atoms with E-state index in [2.05, 4.69) is 4.90 Å². The SMILES string of the molecule is COc1cc(-c2ccccc2)sc1C(=O)N1CCN(C(C)C(=O)N2CCCCC2)CC1. The Kier molecular flexibility index (Phi) is 6.92. The molecule has 1 aromatic heterocycles. The molecule has 2 saturated heterocycles. The van der Waals surface area contributed by atoms with Crippen molar-refractivity contribution in [2.75, 3.05) is 46.4 Å². The molecule has 2 amide bonds. The lowest BCUT2D eigenvalue weighted by atomic mass is 10.1. The summed E-state index contributed by atoms with van der Waals surface area (Å²) in [6.07, 6.45) is 3.43. The number of amides is 2. The first-order valence-corrected chi connectivity index (χ1v) is 12.0. The molecule has 31 heavy (non-hydrogen) atoms. The Labute approximate surface area is 188 Å². The number of piperazine rings is 1. The fourth-order valence-electron chi connectivity index (χ4n) is 4.41. The molecule has 1 aromatic carbocycles. The van der Waals surface area contributed by atoms with E-state index in [1.165, 1.54) is 17.8 Å². The smallest absolute Gasteiger partial charge is 0.267 e. The number of thiophene rings is 1. The van der Waals surface area contributed by atoms with E-state index in [0.717, 1.165) is 36.4 Å². The lowest BCUT2D eigenvalue weighted by Crippen LogP contribution is -2.56. The molecule has 0 bridgehead atoms. The minimum absolute atomic E-state index is 0.0127. The second-order valence-corrected chi connectivity index (χ2v) is 9.32. The van der Waals surface area contributed by atoms with Gasteiger partial charge in [-0.25, -0.2) is 0 Å². The van der Waals surface area contributed by atoms with E-state index >= 15 is 0 Å². The van der Waals surface area contributed by atoms with Gasteiger partial charge in [-0.2, -0.15) is 0 Å². The molecule has 2 aliphatic rings. The molecule has 2 aromatic rings. The number of ether oxygens (including phenoxy) is 1. The van der Waals surface area contributed by atoms with Crippen molar-refractivity contribution in [2.45, 2.75) is 32.2 Å². The number of hydrogen-bond acceptors (Lipinski definition) is 5. The van der Waals surface area contributed by atoms with Gasteiger partial charge in [-0.3, -0.25) is 14.5 Å². The number of benzene rings is 1. The molecule has 0 radical (unpaired) electrons. The second kappa shape index (κ2) is 9.83. The van der Waals surface area contributed by atoms with Crippen LogP contribution in [0, 0.1) is 0 Å². The average molecular weight is 442 g/mol. The summed E-state index contributed by atoms with van der Waals surface area (Å²) in [5.74, 6) is 0.871. The van der Waals surface area contributed by atoms with Gasteiger partial charge in [-0.05, 0) is 37.8 Å². The van der Waals surface area contributed by atoms with Crippen LogP contribution in [-0.4, -0.2) is 78.9 Å². The molecule has 1 atom stereocenters.